The SMILES string of the molecule is C=NNC(=O)C(NC(=O)c1ccccc1OC)c1ccccn1. The number of carbonyl (C=O) groups excluding carboxylic acids is 2. The third-order valence-electron chi connectivity index (χ3n) is 3.06. The van der Waals surface area contributed by atoms with Crippen LogP contribution in [0.1, 0.15) is 22.1 Å². The molecule has 1 aromatic heterocycles. The van der Waals surface area contributed by atoms with Crippen molar-refractivity contribution < 1.29 is 14.3 Å². The van der Waals surface area contributed by atoms with Crippen LogP contribution in [0.4, 0.5) is 0 Å². The van der Waals surface area contributed by atoms with Crippen LogP contribution in [0.3, 0.4) is 0 Å². The molecule has 0 aliphatic heterocycles. The van der Waals surface area contributed by atoms with Gasteiger partial charge in [0.05, 0.1) is 18.4 Å². The van der Waals surface area contributed by atoms with Crippen molar-refractivity contribution in [2.45, 2.75) is 6.04 Å². The lowest BCUT2D eigenvalue weighted by atomic mass is 10.1. The molecule has 0 fully saturated rings. The molecular weight excluding hydrogens is 296 g/mol. The summed E-state index contributed by atoms with van der Waals surface area (Å²) in [7, 11) is 1.47. The predicted octanol–water partition coefficient (Wildman–Crippen LogP) is 1.29. The molecule has 0 saturated carbocycles. The molecule has 118 valence electrons. The molecule has 2 aromatic rings. The van der Waals surface area contributed by atoms with Crippen LogP contribution in [0.2, 0.25) is 0 Å². The first kappa shape index (κ1) is 16.2. The molecule has 0 radical (unpaired) electrons. The topological polar surface area (TPSA) is 92.7 Å². The second-order valence-corrected chi connectivity index (χ2v) is 4.50. The van der Waals surface area contributed by atoms with E-state index in [4.69, 9.17) is 4.74 Å². The first-order valence-electron chi connectivity index (χ1n) is 6.77. The van der Waals surface area contributed by atoms with E-state index in [1.807, 2.05) is 0 Å². The molecule has 0 aliphatic carbocycles. The van der Waals surface area contributed by atoms with Gasteiger partial charge in [-0.2, -0.15) is 5.10 Å². The molecule has 0 bridgehead atoms. The molecule has 2 rings (SSSR count). The maximum absolute atomic E-state index is 12.5. The number of hydrazone groups is 1. The van der Waals surface area contributed by atoms with Crippen LogP contribution in [0.25, 0.3) is 0 Å². The van der Waals surface area contributed by atoms with Crippen molar-refractivity contribution in [2.75, 3.05) is 7.11 Å². The van der Waals surface area contributed by atoms with Crippen LogP contribution >= 0.6 is 0 Å². The average Bonchev–Trinajstić information content (AvgIpc) is 2.60. The maximum Gasteiger partial charge on any atom is 0.268 e. The lowest BCUT2D eigenvalue weighted by Gasteiger charge is -2.17. The highest BCUT2D eigenvalue weighted by atomic mass is 16.5. The lowest BCUT2D eigenvalue weighted by Crippen LogP contribution is -2.39. The van der Waals surface area contributed by atoms with E-state index in [9.17, 15) is 9.59 Å². The molecule has 0 spiro atoms. The number of para-hydroxylation sites is 1. The average molecular weight is 312 g/mol. The van der Waals surface area contributed by atoms with Crippen molar-refractivity contribution in [3.63, 3.8) is 0 Å². The van der Waals surface area contributed by atoms with Crippen LogP contribution in [0, 0.1) is 0 Å². The first-order valence-corrected chi connectivity index (χ1v) is 6.77. The summed E-state index contributed by atoms with van der Waals surface area (Å²) in [5.41, 5.74) is 2.92. The molecule has 0 aliphatic rings. The lowest BCUT2D eigenvalue weighted by molar-refractivity contribution is -0.123. The third-order valence-corrected chi connectivity index (χ3v) is 3.06. The zero-order valence-corrected chi connectivity index (χ0v) is 12.5. The summed E-state index contributed by atoms with van der Waals surface area (Å²) < 4.78 is 5.16. The number of methoxy groups -OCH3 is 1. The van der Waals surface area contributed by atoms with Crippen LogP contribution in [0.5, 0.6) is 5.75 Å². The molecule has 7 heteroatoms. The fraction of sp³-hybridized carbons (Fsp3) is 0.125. The van der Waals surface area contributed by atoms with Gasteiger partial charge in [0.1, 0.15) is 5.75 Å². The van der Waals surface area contributed by atoms with Gasteiger partial charge in [-0.15, -0.1) is 0 Å². The van der Waals surface area contributed by atoms with Gasteiger partial charge in [0.2, 0.25) is 0 Å². The van der Waals surface area contributed by atoms with Gasteiger partial charge in [0.15, 0.2) is 6.04 Å². The number of ether oxygens (including phenoxy) is 1. The number of rotatable bonds is 6. The van der Waals surface area contributed by atoms with Crippen molar-refractivity contribution >= 4 is 18.5 Å². The Balaban J connectivity index is 2.29. The van der Waals surface area contributed by atoms with Gasteiger partial charge in [0.25, 0.3) is 11.8 Å². The number of nitrogens with one attached hydrogen (secondary N) is 2. The van der Waals surface area contributed by atoms with Gasteiger partial charge in [-0.25, -0.2) is 5.43 Å². The molecule has 1 atom stereocenters. The number of carbonyl (C=O) groups is 2. The van der Waals surface area contributed by atoms with Crippen LogP contribution in [-0.2, 0) is 4.79 Å². The van der Waals surface area contributed by atoms with Gasteiger partial charge >= 0.3 is 0 Å². The molecule has 2 amide bonds. The highest BCUT2D eigenvalue weighted by Gasteiger charge is 2.25. The minimum atomic E-state index is -1.00. The summed E-state index contributed by atoms with van der Waals surface area (Å²) in [6.07, 6.45) is 1.53. The number of hydrogen-bond acceptors (Lipinski definition) is 5. The number of amides is 2. The van der Waals surface area contributed by atoms with E-state index in [1.165, 1.54) is 13.3 Å². The van der Waals surface area contributed by atoms with Gasteiger partial charge < -0.3 is 10.1 Å². The van der Waals surface area contributed by atoms with Gasteiger partial charge in [-0.1, -0.05) is 18.2 Å². The van der Waals surface area contributed by atoms with Gasteiger partial charge in [-0.05, 0) is 24.3 Å². The number of nitrogens with zero attached hydrogens (tertiary/aromatic N) is 2. The normalized spacial score (nSPS) is 11.2. The quantitative estimate of drug-likeness (QED) is 0.621. The number of pyridine rings is 1. The van der Waals surface area contributed by atoms with Crippen molar-refractivity contribution in [1.29, 1.82) is 0 Å². The Morgan fingerprint density at radius 3 is 2.61 bits per heavy atom. The van der Waals surface area contributed by atoms with E-state index in [2.05, 4.69) is 27.5 Å². The summed E-state index contributed by atoms with van der Waals surface area (Å²) >= 11 is 0. The largest absolute Gasteiger partial charge is 0.496 e. The second kappa shape index (κ2) is 7.69. The Bertz CT molecular complexity index is 703. The summed E-state index contributed by atoms with van der Waals surface area (Å²) in [6, 6.07) is 10.8. The van der Waals surface area contributed by atoms with E-state index in [-0.39, 0.29) is 0 Å². The zero-order chi connectivity index (χ0) is 16.7. The highest BCUT2D eigenvalue weighted by Crippen LogP contribution is 2.19. The molecule has 0 saturated heterocycles. The first-order chi connectivity index (χ1) is 11.2. The highest BCUT2D eigenvalue weighted by molar-refractivity contribution is 5.99. The minimum Gasteiger partial charge on any atom is -0.496 e. The number of hydrogen-bond donors (Lipinski definition) is 2. The van der Waals surface area contributed by atoms with E-state index in [0.717, 1.165) is 0 Å². The predicted molar refractivity (Wildman–Crippen MR) is 85.1 cm³/mol. The number of aromatic nitrogens is 1. The second-order valence-electron chi connectivity index (χ2n) is 4.50. The fourth-order valence-corrected chi connectivity index (χ4v) is 2.00. The van der Waals surface area contributed by atoms with E-state index < -0.39 is 17.9 Å². The van der Waals surface area contributed by atoms with Crippen LogP contribution in [-0.4, -0.2) is 30.6 Å². The molecule has 1 unspecified atom stereocenters. The Labute approximate surface area is 133 Å². The Hall–Kier alpha value is -3.22. The monoisotopic (exact) mass is 312 g/mol. The standard InChI is InChI=1S/C16H16N4O3/c1-17-20-16(22)14(12-8-5-6-10-18-12)19-15(21)11-7-3-4-9-13(11)23-2/h3-10,14H,1H2,2H3,(H,19,21)(H,20,22). The van der Waals surface area contributed by atoms with Crippen molar-refractivity contribution in [3.05, 3.63) is 59.9 Å². The zero-order valence-electron chi connectivity index (χ0n) is 12.5. The molecule has 1 heterocycles. The Kier molecular flexibility index (Phi) is 5.40. The fourth-order valence-electron chi connectivity index (χ4n) is 2.00. The van der Waals surface area contributed by atoms with Gasteiger partial charge in [0, 0.05) is 12.9 Å². The van der Waals surface area contributed by atoms with E-state index in [1.54, 1.807) is 42.5 Å². The Morgan fingerprint density at radius 1 is 1.22 bits per heavy atom. The van der Waals surface area contributed by atoms with E-state index >= 15 is 0 Å². The van der Waals surface area contributed by atoms with Crippen LogP contribution < -0.4 is 15.5 Å². The smallest absolute Gasteiger partial charge is 0.268 e. The molecular formula is C16H16N4O3. The molecule has 23 heavy (non-hydrogen) atoms. The molecule has 1 aromatic carbocycles. The minimum absolute atomic E-state index is 0.315. The summed E-state index contributed by atoms with van der Waals surface area (Å²) in [6.45, 7) is 3.21. The summed E-state index contributed by atoms with van der Waals surface area (Å²) in [5, 5.41) is 5.97. The molecule has 7 nitrogen and oxygen atoms in total. The number of benzene rings is 1. The molecule has 2 N–H and O–H groups in total. The Morgan fingerprint density at radius 2 is 1.96 bits per heavy atom. The van der Waals surface area contributed by atoms with Crippen LogP contribution in [0.15, 0.2) is 53.8 Å². The van der Waals surface area contributed by atoms with Gasteiger partial charge in [-0.3, -0.25) is 14.6 Å². The third kappa shape index (κ3) is 3.91. The summed E-state index contributed by atoms with van der Waals surface area (Å²) in [5.74, 6) is -0.591. The van der Waals surface area contributed by atoms with Crippen molar-refractivity contribution in [1.82, 2.24) is 15.7 Å². The van der Waals surface area contributed by atoms with E-state index in [0.29, 0.717) is 17.0 Å². The van der Waals surface area contributed by atoms with Crippen molar-refractivity contribution in [3.8, 4) is 5.75 Å². The maximum atomic E-state index is 12.5. The summed E-state index contributed by atoms with van der Waals surface area (Å²) in [4.78, 5) is 28.7. The van der Waals surface area contributed by atoms with Crippen molar-refractivity contribution in [2.24, 2.45) is 5.10 Å².